The van der Waals surface area contributed by atoms with E-state index in [0.29, 0.717) is 28.3 Å². The van der Waals surface area contributed by atoms with Crippen LogP contribution in [0.5, 0.6) is 0 Å². The summed E-state index contributed by atoms with van der Waals surface area (Å²) >= 11 is 0. The zero-order valence-corrected chi connectivity index (χ0v) is 18.2. The van der Waals surface area contributed by atoms with E-state index in [2.05, 4.69) is 24.1 Å². The number of esters is 1. The Labute approximate surface area is 181 Å². The van der Waals surface area contributed by atoms with Gasteiger partial charge in [0.2, 0.25) is 0 Å². The number of para-hydroxylation sites is 1. The molecule has 0 unspecified atom stereocenters. The maximum Gasteiger partial charge on any atom is 0.307 e. The lowest BCUT2D eigenvalue weighted by molar-refractivity contribution is -0.153. The number of hydrogen-bond acceptors (Lipinski definition) is 5. The lowest BCUT2D eigenvalue weighted by atomic mass is 10.0. The summed E-state index contributed by atoms with van der Waals surface area (Å²) < 4.78 is 6.70. The van der Waals surface area contributed by atoms with Crippen LogP contribution in [0, 0.1) is 0 Å². The van der Waals surface area contributed by atoms with Gasteiger partial charge in [0.1, 0.15) is 5.82 Å². The van der Waals surface area contributed by atoms with Gasteiger partial charge in [0.05, 0.1) is 17.3 Å². The maximum atomic E-state index is 12.4. The van der Waals surface area contributed by atoms with Crippen LogP contribution >= 0.6 is 0 Å². The number of fused-ring (bicyclic) bond motifs is 1. The Morgan fingerprint density at radius 3 is 2.42 bits per heavy atom. The molecule has 1 heterocycles. The first-order valence-corrected chi connectivity index (χ1v) is 10.3. The first-order valence-electron chi connectivity index (χ1n) is 10.3. The van der Waals surface area contributed by atoms with Crippen molar-refractivity contribution >= 4 is 28.5 Å². The van der Waals surface area contributed by atoms with Crippen molar-refractivity contribution in [2.24, 2.45) is 7.05 Å². The third-order valence-electron chi connectivity index (χ3n) is 5.15. The van der Waals surface area contributed by atoms with Crippen LogP contribution in [0.3, 0.4) is 0 Å². The Kier molecular flexibility index (Phi) is 6.84. The van der Waals surface area contributed by atoms with Gasteiger partial charge in [-0.1, -0.05) is 38.1 Å². The Morgan fingerprint density at radius 2 is 1.74 bits per heavy atom. The first-order chi connectivity index (χ1) is 14.8. The number of hydrogen-bond donors (Lipinski definition) is 1. The molecule has 0 saturated heterocycles. The summed E-state index contributed by atoms with van der Waals surface area (Å²) in [5.74, 6) is -0.0358. The predicted octanol–water partition coefficient (Wildman–Crippen LogP) is 3.56. The van der Waals surface area contributed by atoms with Crippen molar-refractivity contribution in [1.29, 1.82) is 0 Å². The largest absolute Gasteiger partial charge is 0.453 e. The topological polar surface area (TPSA) is 90.3 Å². The number of anilines is 1. The predicted molar refractivity (Wildman–Crippen MR) is 120 cm³/mol. The molecule has 0 saturated carbocycles. The molecule has 7 nitrogen and oxygen atoms in total. The summed E-state index contributed by atoms with van der Waals surface area (Å²) in [6.45, 7) is 5.72. The van der Waals surface area contributed by atoms with Gasteiger partial charge in [-0.15, -0.1) is 0 Å². The molecule has 1 amide bonds. The van der Waals surface area contributed by atoms with Gasteiger partial charge in [-0.2, -0.15) is 0 Å². The van der Waals surface area contributed by atoms with Crippen molar-refractivity contribution in [3.8, 4) is 0 Å². The van der Waals surface area contributed by atoms with Gasteiger partial charge >= 0.3 is 5.97 Å². The van der Waals surface area contributed by atoms with Crippen LogP contribution in [-0.4, -0.2) is 27.5 Å². The average Bonchev–Trinajstić information content (AvgIpc) is 2.75. The van der Waals surface area contributed by atoms with Crippen LogP contribution in [0.1, 0.15) is 44.5 Å². The van der Waals surface area contributed by atoms with Crippen LogP contribution in [0.2, 0.25) is 0 Å². The van der Waals surface area contributed by atoms with E-state index >= 15 is 0 Å². The van der Waals surface area contributed by atoms with Crippen molar-refractivity contribution in [2.45, 2.75) is 45.6 Å². The summed E-state index contributed by atoms with van der Waals surface area (Å²) in [6, 6.07) is 14.6. The molecule has 1 atom stereocenters. The van der Waals surface area contributed by atoms with Crippen molar-refractivity contribution < 1.29 is 14.3 Å². The van der Waals surface area contributed by atoms with Gasteiger partial charge in [-0.3, -0.25) is 19.0 Å². The molecule has 162 valence electrons. The lowest BCUT2D eigenvalue weighted by Crippen LogP contribution is -2.30. The summed E-state index contributed by atoms with van der Waals surface area (Å²) in [7, 11) is 1.63. The summed E-state index contributed by atoms with van der Waals surface area (Å²) in [5.41, 5.74) is 2.25. The van der Waals surface area contributed by atoms with E-state index in [4.69, 9.17) is 4.74 Å². The third-order valence-corrected chi connectivity index (χ3v) is 5.15. The second-order valence-electron chi connectivity index (χ2n) is 7.81. The molecule has 1 N–H and O–H groups in total. The van der Waals surface area contributed by atoms with Crippen LogP contribution in [0.15, 0.2) is 53.3 Å². The van der Waals surface area contributed by atoms with E-state index in [9.17, 15) is 14.4 Å². The van der Waals surface area contributed by atoms with Crippen LogP contribution < -0.4 is 10.9 Å². The number of carbonyl (C=O) groups excluding carboxylic acids is 2. The van der Waals surface area contributed by atoms with Crippen LogP contribution in [0.25, 0.3) is 10.9 Å². The van der Waals surface area contributed by atoms with Crippen molar-refractivity contribution in [3.05, 3.63) is 70.3 Å². The van der Waals surface area contributed by atoms with E-state index in [1.54, 1.807) is 25.2 Å². The number of amides is 1. The number of benzene rings is 2. The molecule has 0 fully saturated rings. The Morgan fingerprint density at radius 1 is 1.06 bits per heavy atom. The fraction of sp³-hybridized carbons (Fsp3) is 0.333. The standard InChI is InChI=1S/C24H27N3O4/c1-15(2)17-9-11-18(12-10-17)25-23(29)16(3)31-22(28)14-13-21-26-20-8-6-5-7-19(20)24(30)27(21)4/h5-12,15-16H,13-14H2,1-4H3,(H,25,29)/t16-/m0/s1. The second-order valence-corrected chi connectivity index (χ2v) is 7.81. The highest BCUT2D eigenvalue weighted by Crippen LogP contribution is 2.17. The van der Waals surface area contributed by atoms with E-state index in [0.717, 1.165) is 0 Å². The molecule has 0 aliphatic heterocycles. The molecule has 1 aromatic heterocycles. The molecule has 31 heavy (non-hydrogen) atoms. The first kappa shape index (κ1) is 22.2. The average molecular weight is 421 g/mol. The third kappa shape index (κ3) is 5.36. The highest BCUT2D eigenvalue weighted by Gasteiger charge is 2.19. The Balaban J connectivity index is 1.56. The molecule has 2 aromatic carbocycles. The molecule has 3 aromatic rings. The normalized spacial score (nSPS) is 12.0. The van der Waals surface area contributed by atoms with Gasteiger partial charge in [0.25, 0.3) is 11.5 Å². The van der Waals surface area contributed by atoms with Gasteiger partial charge in [0.15, 0.2) is 6.10 Å². The molecule has 0 aliphatic carbocycles. The zero-order chi connectivity index (χ0) is 22.5. The molecule has 3 rings (SSSR count). The van der Waals surface area contributed by atoms with Gasteiger partial charge in [-0.05, 0) is 42.7 Å². The summed E-state index contributed by atoms with van der Waals surface area (Å²) in [5, 5.41) is 3.28. The monoisotopic (exact) mass is 421 g/mol. The van der Waals surface area contributed by atoms with Gasteiger partial charge < -0.3 is 10.1 Å². The number of aromatic nitrogens is 2. The minimum Gasteiger partial charge on any atom is -0.453 e. The van der Waals surface area contributed by atoms with Gasteiger partial charge in [-0.25, -0.2) is 4.98 Å². The lowest BCUT2D eigenvalue weighted by Gasteiger charge is -2.14. The second kappa shape index (κ2) is 9.55. The van der Waals surface area contributed by atoms with Crippen molar-refractivity contribution in [3.63, 3.8) is 0 Å². The molecule has 0 radical (unpaired) electrons. The molecule has 7 heteroatoms. The Bertz CT molecular complexity index is 1150. The minimum absolute atomic E-state index is 0.0132. The number of aryl methyl sites for hydroxylation is 1. The van der Waals surface area contributed by atoms with E-state index in [-0.39, 0.29) is 18.4 Å². The van der Waals surface area contributed by atoms with E-state index < -0.39 is 18.0 Å². The van der Waals surface area contributed by atoms with Crippen LogP contribution in [-0.2, 0) is 27.8 Å². The molecular weight excluding hydrogens is 394 g/mol. The number of nitrogens with one attached hydrogen (secondary N) is 1. The van der Waals surface area contributed by atoms with Crippen LogP contribution in [0.4, 0.5) is 5.69 Å². The molecular formula is C24H27N3O4. The smallest absolute Gasteiger partial charge is 0.307 e. The van der Waals surface area contributed by atoms with Crippen molar-refractivity contribution in [1.82, 2.24) is 9.55 Å². The molecule has 0 aliphatic rings. The minimum atomic E-state index is -0.939. The molecule has 0 spiro atoms. The number of nitrogens with zero attached hydrogens (tertiary/aromatic N) is 2. The highest BCUT2D eigenvalue weighted by atomic mass is 16.5. The fourth-order valence-electron chi connectivity index (χ4n) is 3.21. The molecule has 0 bridgehead atoms. The fourth-order valence-corrected chi connectivity index (χ4v) is 3.21. The maximum absolute atomic E-state index is 12.4. The number of ether oxygens (including phenoxy) is 1. The van der Waals surface area contributed by atoms with Crippen molar-refractivity contribution in [2.75, 3.05) is 5.32 Å². The SMILES string of the molecule is CC(C)c1ccc(NC(=O)[C@H](C)OC(=O)CCc2nc3ccccc3c(=O)n2C)cc1. The highest BCUT2D eigenvalue weighted by molar-refractivity contribution is 5.95. The van der Waals surface area contributed by atoms with E-state index in [1.807, 2.05) is 30.3 Å². The zero-order valence-electron chi connectivity index (χ0n) is 18.2. The Hall–Kier alpha value is -3.48. The van der Waals surface area contributed by atoms with Gasteiger partial charge in [0, 0.05) is 19.2 Å². The van der Waals surface area contributed by atoms with E-state index in [1.165, 1.54) is 17.1 Å². The summed E-state index contributed by atoms with van der Waals surface area (Å²) in [4.78, 5) is 41.5. The number of carbonyl (C=O) groups is 2. The number of rotatable bonds is 7. The quantitative estimate of drug-likeness (QED) is 0.589. The summed E-state index contributed by atoms with van der Waals surface area (Å²) in [6.07, 6.45) is -0.689.